The van der Waals surface area contributed by atoms with Crippen molar-refractivity contribution in [2.45, 2.75) is 59.8 Å². The highest BCUT2D eigenvalue weighted by Gasteiger charge is 2.44. The molecule has 0 aromatic heterocycles. The Morgan fingerprint density at radius 1 is 1.37 bits per heavy atom. The molecule has 1 rings (SSSR count). The van der Waals surface area contributed by atoms with Crippen molar-refractivity contribution in [2.75, 3.05) is 13.1 Å². The van der Waals surface area contributed by atoms with Crippen molar-refractivity contribution < 1.29 is 5.21 Å². The molecule has 0 amide bonds. The molecule has 0 aliphatic heterocycles. The van der Waals surface area contributed by atoms with Crippen LogP contribution >= 0.6 is 0 Å². The number of nitrogens with zero attached hydrogens (tertiary/aromatic N) is 1. The predicted molar refractivity (Wildman–Crippen MR) is 80.4 cm³/mol. The number of amidine groups is 1. The molecule has 4 nitrogen and oxygen atoms in total. The van der Waals surface area contributed by atoms with Gasteiger partial charge in [-0.05, 0) is 43.6 Å². The van der Waals surface area contributed by atoms with Crippen LogP contribution in [0.5, 0.6) is 0 Å². The lowest BCUT2D eigenvalue weighted by Crippen LogP contribution is -2.32. The second kappa shape index (κ2) is 6.60. The zero-order chi connectivity index (χ0) is 14.5. The third kappa shape index (κ3) is 4.68. The van der Waals surface area contributed by atoms with Crippen LogP contribution in [0.1, 0.15) is 59.8 Å². The van der Waals surface area contributed by atoms with Gasteiger partial charge in [0.05, 0.1) is 0 Å². The van der Waals surface area contributed by atoms with Crippen molar-refractivity contribution in [3.63, 3.8) is 0 Å². The van der Waals surface area contributed by atoms with E-state index >= 15 is 0 Å². The standard InChI is InChI=1S/C15H31N3O/c1-12(2)15(8-9-15)11-17-10-6-5-7-14(3,4)13(16)18-19/h12,17,19H,5-11H2,1-4H3,(H2,16,18). The van der Waals surface area contributed by atoms with Crippen LogP contribution in [0.4, 0.5) is 0 Å². The Bertz CT molecular complexity index is 307. The minimum Gasteiger partial charge on any atom is -0.409 e. The minimum absolute atomic E-state index is 0.204. The second-order valence-electron chi connectivity index (χ2n) is 7.02. The molecule has 0 bridgehead atoms. The zero-order valence-corrected chi connectivity index (χ0v) is 13.0. The van der Waals surface area contributed by atoms with Crippen molar-refractivity contribution >= 4 is 5.84 Å². The molecular weight excluding hydrogens is 238 g/mol. The molecule has 1 saturated carbocycles. The van der Waals surface area contributed by atoms with Crippen molar-refractivity contribution in [1.82, 2.24) is 5.32 Å². The van der Waals surface area contributed by atoms with Gasteiger partial charge in [0.25, 0.3) is 0 Å². The van der Waals surface area contributed by atoms with Gasteiger partial charge in [-0.2, -0.15) is 0 Å². The number of nitrogens with two attached hydrogens (primary N) is 1. The van der Waals surface area contributed by atoms with E-state index in [1.807, 2.05) is 13.8 Å². The van der Waals surface area contributed by atoms with Gasteiger partial charge in [-0.25, -0.2) is 0 Å². The van der Waals surface area contributed by atoms with Crippen LogP contribution in [0.2, 0.25) is 0 Å². The molecule has 0 unspecified atom stereocenters. The molecule has 0 atom stereocenters. The van der Waals surface area contributed by atoms with Crippen LogP contribution in [-0.4, -0.2) is 24.1 Å². The lowest BCUT2D eigenvalue weighted by Gasteiger charge is -2.23. The molecule has 19 heavy (non-hydrogen) atoms. The molecule has 1 fully saturated rings. The maximum Gasteiger partial charge on any atom is 0.144 e. The van der Waals surface area contributed by atoms with Crippen molar-refractivity contribution in [3.8, 4) is 0 Å². The first-order chi connectivity index (χ1) is 8.84. The average molecular weight is 269 g/mol. The number of hydrogen-bond donors (Lipinski definition) is 3. The molecule has 0 radical (unpaired) electrons. The fraction of sp³-hybridized carbons (Fsp3) is 0.933. The molecule has 112 valence electrons. The first-order valence-electron chi connectivity index (χ1n) is 7.53. The first-order valence-corrected chi connectivity index (χ1v) is 7.53. The van der Waals surface area contributed by atoms with E-state index in [0.29, 0.717) is 11.3 Å². The summed E-state index contributed by atoms with van der Waals surface area (Å²) in [6.07, 6.45) is 5.98. The largest absolute Gasteiger partial charge is 0.409 e. The summed E-state index contributed by atoms with van der Waals surface area (Å²) >= 11 is 0. The van der Waals surface area contributed by atoms with Crippen molar-refractivity contribution in [2.24, 2.45) is 27.6 Å². The van der Waals surface area contributed by atoms with E-state index in [9.17, 15) is 0 Å². The van der Waals surface area contributed by atoms with E-state index in [-0.39, 0.29) is 5.41 Å². The van der Waals surface area contributed by atoms with Crippen LogP contribution in [0.25, 0.3) is 0 Å². The van der Waals surface area contributed by atoms with Gasteiger partial charge in [0, 0.05) is 12.0 Å². The van der Waals surface area contributed by atoms with Gasteiger partial charge in [0.2, 0.25) is 0 Å². The smallest absolute Gasteiger partial charge is 0.144 e. The average Bonchev–Trinajstić information content (AvgIpc) is 3.13. The Morgan fingerprint density at radius 3 is 2.47 bits per heavy atom. The van der Waals surface area contributed by atoms with E-state index < -0.39 is 0 Å². The number of oxime groups is 1. The van der Waals surface area contributed by atoms with Gasteiger partial charge in [0.15, 0.2) is 0 Å². The van der Waals surface area contributed by atoms with Crippen molar-refractivity contribution in [1.29, 1.82) is 0 Å². The van der Waals surface area contributed by atoms with Gasteiger partial charge in [-0.1, -0.05) is 39.3 Å². The predicted octanol–water partition coefficient (Wildman–Crippen LogP) is 2.96. The number of hydrogen-bond acceptors (Lipinski definition) is 3. The Morgan fingerprint density at radius 2 is 2.00 bits per heavy atom. The van der Waals surface area contributed by atoms with E-state index in [1.165, 1.54) is 12.8 Å². The molecule has 0 aromatic carbocycles. The molecular formula is C15H31N3O. The molecule has 0 aromatic rings. The fourth-order valence-corrected chi connectivity index (χ4v) is 2.54. The number of rotatable bonds is 9. The lowest BCUT2D eigenvalue weighted by molar-refractivity contribution is 0.303. The number of unbranched alkanes of at least 4 members (excludes halogenated alkanes) is 1. The summed E-state index contributed by atoms with van der Waals surface area (Å²) in [6, 6.07) is 0. The molecule has 1 aliphatic carbocycles. The fourth-order valence-electron chi connectivity index (χ4n) is 2.54. The first kappa shape index (κ1) is 16.3. The Kier molecular flexibility index (Phi) is 5.65. The molecule has 0 heterocycles. The van der Waals surface area contributed by atoms with Crippen LogP contribution in [0, 0.1) is 16.7 Å². The maximum atomic E-state index is 8.71. The SMILES string of the molecule is CC(C)C1(CNCCCCC(C)(C)C(N)=NO)CC1. The third-order valence-electron chi connectivity index (χ3n) is 4.80. The maximum absolute atomic E-state index is 8.71. The molecule has 1 aliphatic rings. The molecule has 4 heteroatoms. The summed E-state index contributed by atoms with van der Waals surface area (Å²) in [5, 5.41) is 15.4. The second-order valence-corrected chi connectivity index (χ2v) is 7.02. The summed E-state index contributed by atoms with van der Waals surface area (Å²) < 4.78 is 0. The lowest BCUT2D eigenvalue weighted by atomic mass is 9.86. The van der Waals surface area contributed by atoms with Gasteiger partial charge in [0.1, 0.15) is 5.84 Å². The summed E-state index contributed by atoms with van der Waals surface area (Å²) in [5.74, 6) is 1.12. The summed E-state index contributed by atoms with van der Waals surface area (Å²) in [7, 11) is 0. The van der Waals surface area contributed by atoms with E-state index in [0.717, 1.165) is 38.3 Å². The Hall–Kier alpha value is -0.770. The molecule has 0 saturated heterocycles. The molecule has 0 spiro atoms. The Balaban J connectivity index is 2.09. The normalized spacial score (nSPS) is 18.9. The highest BCUT2D eigenvalue weighted by molar-refractivity contribution is 5.85. The van der Waals surface area contributed by atoms with Gasteiger partial charge >= 0.3 is 0 Å². The molecule has 4 N–H and O–H groups in total. The van der Waals surface area contributed by atoms with Crippen LogP contribution in [0.3, 0.4) is 0 Å². The third-order valence-corrected chi connectivity index (χ3v) is 4.80. The van der Waals surface area contributed by atoms with Gasteiger partial charge in [-0.15, -0.1) is 0 Å². The zero-order valence-electron chi connectivity index (χ0n) is 13.0. The highest BCUT2D eigenvalue weighted by Crippen LogP contribution is 2.51. The highest BCUT2D eigenvalue weighted by atomic mass is 16.4. The Labute approximate surface area is 117 Å². The monoisotopic (exact) mass is 269 g/mol. The minimum atomic E-state index is -0.204. The summed E-state index contributed by atoms with van der Waals surface area (Å²) in [5.41, 5.74) is 6.06. The topological polar surface area (TPSA) is 70.6 Å². The summed E-state index contributed by atoms with van der Waals surface area (Å²) in [4.78, 5) is 0. The van der Waals surface area contributed by atoms with E-state index in [1.54, 1.807) is 0 Å². The quantitative estimate of drug-likeness (QED) is 0.198. The van der Waals surface area contributed by atoms with Crippen LogP contribution < -0.4 is 11.1 Å². The van der Waals surface area contributed by atoms with Crippen LogP contribution in [0.15, 0.2) is 5.16 Å². The van der Waals surface area contributed by atoms with E-state index in [4.69, 9.17) is 10.9 Å². The summed E-state index contributed by atoms with van der Waals surface area (Å²) in [6.45, 7) is 10.9. The van der Waals surface area contributed by atoms with Gasteiger partial charge < -0.3 is 16.3 Å². The van der Waals surface area contributed by atoms with Crippen molar-refractivity contribution in [3.05, 3.63) is 0 Å². The van der Waals surface area contributed by atoms with E-state index in [2.05, 4.69) is 24.3 Å². The van der Waals surface area contributed by atoms with Gasteiger partial charge in [-0.3, -0.25) is 0 Å². The number of nitrogens with one attached hydrogen (secondary N) is 1. The van der Waals surface area contributed by atoms with Crippen LogP contribution in [-0.2, 0) is 0 Å².